The van der Waals surface area contributed by atoms with Crippen molar-refractivity contribution < 1.29 is 14.3 Å². The van der Waals surface area contributed by atoms with Crippen molar-refractivity contribution in [3.63, 3.8) is 0 Å². The van der Waals surface area contributed by atoms with Gasteiger partial charge in [0.25, 0.3) is 0 Å². The molecule has 2 aromatic rings. The maximum atomic E-state index is 11.9. The number of benzene rings is 1. The van der Waals surface area contributed by atoms with Crippen LogP contribution in [0.15, 0.2) is 53.7 Å². The van der Waals surface area contributed by atoms with Gasteiger partial charge in [-0.2, -0.15) is 0 Å². The zero-order chi connectivity index (χ0) is 15.1. The summed E-state index contributed by atoms with van der Waals surface area (Å²) in [6.07, 6.45) is 1.68. The van der Waals surface area contributed by atoms with Crippen molar-refractivity contribution in [1.29, 1.82) is 0 Å². The molecule has 108 valence electrons. The molecule has 0 aliphatic carbocycles. The minimum absolute atomic E-state index is 0.160. The number of nitrogens with zero attached hydrogens (tertiary/aromatic N) is 1. The lowest BCUT2D eigenvalue weighted by Crippen LogP contribution is -2.14. The van der Waals surface area contributed by atoms with Gasteiger partial charge < -0.3 is 10.1 Å². The van der Waals surface area contributed by atoms with Gasteiger partial charge in [0.1, 0.15) is 0 Å². The van der Waals surface area contributed by atoms with Gasteiger partial charge in [0.2, 0.25) is 5.91 Å². The Labute approximate surface area is 126 Å². The van der Waals surface area contributed by atoms with E-state index < -0.39 is 5.97 Å². The third-order valence-electron chi connectivity index (χ3n) is 2.56. The fraction of sp³-hybridized carbons (Fsp3) is 0.133. The molecule has 0 saturated carbocycles. The van der Waals surface area contributed by atoms with E-state index in [4.69, 9.17) is 0 Å². The highest BCUT2D eigenvalue weighted by atomic mass is 32.2. The minimum Gasteiger partial charge on any atom is -0.465 e. The number of anilines is 1. The molecular weight excluding hydrogens is 288 g/mol. The Bertz CT molecular complexity index is 632. The second-order valence-corrected chi connectivity index (χ2v) is 5.07. The summed E-state index contributed by atoms with van der Waals surface area (Å²) in [7, 11) is 1.32. The molecule has 6 heteroatoms. The van der Waals surface area contributed by atoms with Crippen molar-refractivity contribution in [3.05, 3.63) is 54.2 Å². The number of carbonyl (C=O) groups excluding carboxylic acids is 2. The predicted molar refractivity (Wildman–Crippen MR) is 81.4 cm³/mol. The Morgan fingerprint density at radius 3 is 2.81 bits per heavy atom. The quantitative estimate of drug-likeness (QED) is 0.679. The summed E-state index contributed by atoms with van der Waals surface area (Å²) in [4.78, 5) is 27.4. The van der Waals surface area contributed by atoms with Crippen LogP contribution in [-0.2, 0) is 9.53 Å². The van der Waals surface area contributed by atoms with Crippen molar-refractivity contribution in [2.75, 3.05) is 18.2 Å². The van der Waals surface area contributed by atoms with Gasteiger partial charge in [0.05, 0.1) is 23.5 Å². The standard InChI is InChI=1S/C15H14N2O3S/c1-20-15(19)11-5-4-6-12(9-11)17-13(18)10-21-14-7-2-3-8-16-14/h2-9H,10H2,1H3,(H,17,18). The van der Waals surface area contributed by atoms with Crippen LogP contribution >= 0.6 is 11.8 Å². The topological polar surface area (TPSA) is 68.3 Å². The number of carbonyl (C=O) groups is 2. The number of hydrogen-bond acceptors (Lipinski definition) is 5. The third kappa shape index (κ3) is 4.61. The van der Waals surface area contributed by atoms with Crippen LogP contribution in [0.25, 0.3) is 0 Å². The van der Waals surface area contributed by atoms with Gasteiger partial charge in [-0.05, 0) is 30.3 Å². The van der Waals surface area contributed by atoms with Crippen molar-refractivity contribution >= 4 is 29.3 Å². The summed E-state index contributed by atoms with van der Waals surface area (Å²) in [5.41, 5.74) is 0.956. The molecule has 2 rings (SSSR count). The molecule has 0 aliphatic rings. The number of amides is 1. The van der Waals surface area contributed by atoms with E-state index in [1.807, 2.05) is 18.2 Å². The number of aromatic nitrogens is 1. The molecule has 0 bridgehead atoms. The number of rotatable bonds is 5. The lowest BCUT2D eigenvalue weighted by molar-refractivity contribution is -0.113. The molecular formula is C15H14N2O3S. The molecule has 0 radical (unpaired) electrons. The van der Waals surface area contributed by atoms with E-state index in [1.165, 1.54) is 18.9 Å². The Morgan fingerprint density at radius 1 is 1.24 bits per heavy atom. The molecule has 1 aromatic carbocycles. The smallest absolute Gasteiger partial charge is 0.337 e. The average molecular weight is 302 g/mol. The van der Waals surface area contributed by atoms with Crippen LogP contribution in [0.5, 0.6) is 0 Å². The van der Waals surface area contributed by atoms with Crippen LogP contribution < -0.4 is 5.32 Å². The van der Waals surface area contributed by atoms with E-state index in [9.17, 15) is 9.59 Å². The highest BCUT2D eigenvalue weighted by molar-refractivity contribution is 7.99. The number of esters is 1. The number of methoxy groups -OCH3 is 1. The van der Waals surface area contributed by atoms with Crippen LogP contribution in [0.3, 0.4) is 0 Å². The number of nitrogens with one attached hydrogen (secondary N) is 1. The van der Waals surface area contributed by atoms with Crippen LogP contribution in [0.2, 0.25) is 0 Å². The summed E-state index contributed by atoms with van der Waals surface area (Å²) in [5, 5.41) is 3.52. The monoisotopic (exact) mass is 302 g/mol. The Hall–Kier alpha value is -2.34. The first-order valence-electron chi connectivity index (χ1n) is 6.21. The summed E-state index contributed by atoms with van der Waals surface area (Å²) < 4.78 is 4.64. The van der Waals surface area contributed by atoms with E-state index in [0.717, 1.165) is 5.03 Å². The first kappa shape index (κ1) is 15.1. The fourth-order valence-electron chi connectivity index (χ4n) is 1.61. The van der Waals surface area contributed by atoms with Crippen LogP contribution in [0, 0.1) is 0 Å². The fourth-order valence-corrected chi connectivity index (χ4v) is 2.27. The molecule has 1 heterocycles. The predicted octanol–water partition coefficient (Wildman–Crippen LogP) is 2.60. The number of ether oxygens (including phenoxy) is 1. The normalized spacial score (nSPS) is 9.95. The summed E-state index contributed by atoms with van der Waals surface area (Å²) in [5.74, 6) is -0.346. The molecule has 1 aromatic heterocycles. The SMILES string of the molecule is COC(=O)c1cccc(NC(=O)CSc2ccccn2)c1. The van der Waals surface area contributed by atoms with Gasteiger partial charge in [0, 0.05) is 11.9 Å². The number of hydrogen-bond donors (Lipinski definition) is 1. The Kier molecular flexibility index (Phi) is 5.34. The maximum Gasteiger partial charge on any atom is 0.337 e. The number of thioether (sulfide) groups is 1. The molecule has 0 fully saturated rings. The van der Waals surface area contributed by atoms with Gasteiger partial charge in [-0.15, -0.1) is 0 Å². The first-order valence-corrected chi connectivity index (χ1v) is 7.19. The van der Waals surface area contributed by atoms with E-state index in [2.05, 4.69) is 15.0 Å². The van der Waals surface area contributed by atoms with Gasteiger partial charge in [-0.1, -0.05) is 23.9 Å². The van der Waals surface area contributed by atoms with E-state index >= 15 is 0 Å². The zero-order valence-corrected chi connectivity index (χ0v) is 12.2. The summed E-state index contributed by atoms with van der Waals surface area (Å²) in [6, 6.07) is 12.1. The molecule has 0 spiro atoms. The number of pyridine rings is 1. The molecule has 1 N–H and O–H groups in total. The molecule has 5 nitrogen and oxygen atoms in total. The molecule has 0 atom stereocenters. The lowest BCUT2D eigenvalue weighted by atomic mass is 10.2. The first-order chi connectivity index (χ1) is 10.2. The highest BCUT2D eigenvalue weighted by Gasteiger charge is 2.08. The molecule has 1 amide bonds. The van der Waals surface area contributed by atoms with Gasteiger partial charge in [0.15, 0.2) is 0 Å². The van der Waals surface area contributed by atoms with Gasteiger partial charge in [-0.25, -0.2) is 9.78 Å². The highest BCUT2D eigenvalue weighted by Crippen LogP contribution is 2.16. The molecule has 0 saturated heterocycles. The van der Waals surface area contributed by atoms with Crippen molar-refractivity contribution in [1.82, 2.24) is 4.98 Å². The van der Waals surface area contributed by atoms with Gasteiger partial charge >= 0.3 is 5.97 Å². The minimum atomic E-state index is -0.436. The van der Waals surface area contributed by atoms with Gasteiger partial charge in [-0.3, -0.25) is 4.79 Å². The van der Waals surface area contributed by atoms with Crippen molar-refractivity contribution in [2.45, 2.75) is 5.03 Å². The summed E-state index contributed by atoms with van der Waals surface area (Å²) >= 11 is 1.35. The van der Waals surface area contributed by atoms with E-state index in [0.29, 0.717) is 11.3 Å². The van der Waals surface area contributed by atoms with Crippen molar-refractivity contribution in [3.8, 4) is 0 Å². The largest absolute Gasteiger partial charge is 0.465 e. The maximum absolute atomic E-state index is 11.9. The second kappa shape index (κ2) is 7.44. The van der Waals surface area contributed by atoms with E-state index in [-0.39, 0.29) is 11.7 Å². The van der Waals surface area contributed by atoms with Crippen LogP contribution in [0.4, 0.5) is 5.69 Å². The Morgan fingerprint density at radius 2 is 2.10 bits per heavy atom. The Balaban J connectivity index is 1.92. The van der Waals surface area contributed by atoms with Crippen molar-refractivity contribution in [2.24, 2.45) is 0 Å². The molecule has 0 aliphatic heterocycles. The summed E-state index contributed by atoms with van der Waals surface area (Å²) in [6.45, 7) is 0. The van der Waals surface area contributed by atoms with E-state index in [1.54, 1.807) is 30.5 Å². The van der Waals surface area contributed by atoms with Crippen LogP contribution in [0.1, 0.15) is 10.4 Å². The second-order valence-electron chi connectivity index (χ2n) is 4.08. The third-order valence-corrected chi connectivity index (χ3v) is 3.50. The average Bonchev–Trinajstić information content (AvgIpc) is 2.53. The van der Waals surface area contributed by atoms with Crippen LogP contribution in [-0.4, -0.2) is 29.7 Å². The molecule has 21 heavy (non-hydrogen) atoms. The lowest BCUT2D eigenvalue weighted by Gasteiger charge is -2.06. The molecule has 0 unspecified atom stereocenters. The zero-order valence-electron chi connectivity index (χ0n) is 11.4.